The van der Waals surface area contributed by atoms with Crippen molar-refractivity contribution in [2.75, 3.05) is 7.11 Å². The van der Waals surface area contributed by atoms with Crippen molar-refractivity contribution in [3.8, 4) is 5.75 Å². The third-order valence-corrected chi connectivity index (χ3v) is 4.08. The molecule has 0 saturated heterocycles. The van der Waals surface area contributed by atoms with Gasteiger partial charge in [0.1, 0.15) is 11.0 Å². The van der Waals surface area contributed by atoms with Crippen LogP contribution >= 0.6 is 0 Å². The molecule has 2 rings (SSSR count). The van der Waals surface area contributed by atoms with Gasteiger partial charge < -0.3 is 4.74 Å². The van der Waals surface area contributed by atoms with E-state index in [0.717, 1.165) is 16.5 Å². The molecule has 0 fully saturated rings. The van der Waals surface area contributed by atoms with E-state index in [2.05, 4.69) is 0 Å². The Kier molecular flexibility index (Phi) is 3.26. The Morgan fingerprint density at radius 1 is 1.11 bits per heavy atom. The summed E-state index contributed by atoms with van der Waals surface area (Å²) in [4.78, 5) is 0. The van der Waals surface area contributed by atoms with E-state index in [-0.39, 0.29) is 0 Å². The van der Waals surface area contributed by atoms with Gasteiger partial charge in [0.05, 0.1) is 7.11 Å². The Hall–Kier alpha value is -1.62. The molecule has 0 radical (unpaired) electrons. The number of fused-ring (bicyclic) bond motifs is 1. The number of benzene rings is 2. The van der Waals surface area contributed by atoms with E-state index < -0.39 is 15.5 Å². The summed E-state index contributed by atoms with van der Waals surface area (Å²) >= 11 is 0. The van der Waals surface area contributed by atoms with Crippen LogP contribution in [-0.2, 0) is 10.2 Å². The highest BCUT2D eigenvalue weighted by Crippen LogP contribution is 2.28. The lowest BCUT2D eigenvalue weighted by atomic mass is 10.1. The molecule has 3 nitrogen and oxygen atoms in total. The van der Waals surface area contributed by atoms with Gasteiger partial charge in [-0.15, -0.1) is 3.89 Å². The molecule has 0 heterocycles. The quantitative estimate of drug-likeness (QED) is 0.803. The van der Waals surface area contributed by atoms with Crippen LogP contribution in [0.4, 0.5) is 3.89 Å². The van der Waals surface area contributed by atoms with Gasteiger partial charge in [-0.05, 0) is 41.5 Å². The largest absolute Gasteiger partial charge is 0.497 e. The maximum atomic E-state index is 12.9. The predicted octanol–water partition coefficient (Wildman–Crippen LogP) is 3.21. The maximum absolute atomic E-state index is 12.9. The van der Waals surface area contributed by atoms with E-state index in [1.54, 1.807) is 31.4 Å². The second kappa shape index (κ2) is 4.57. The van der Waals surface area contributed by atoms with Crippen molar-refractivity contribution in [3.63, 3.8) is 0 Å². The van der Waals surface area contributed by atoms with E-state index in [1.807, 2.05) is 12.1 Å². The van der Waals surface area contributed by atoms with Crippen molar-refractivity contribution in [3.05, 3.63) is 42.0 Å². The fourth-order valence-electron chi connectivity index (χ4n) is 1.78. The van der Waals surface area contributed by atoms with Crippen LogP contribution in [0.5, 0.6) is 5.75 Å². The number of rotatable bonds is 3. The Bertz CT molecular complexity index is 680. The van der Waals surface area contributed by atoms with Gasteiger partial charge in [0, 0.05) is 0 Å². The molecule has 2 aromatic carbocycles. The van der Waals surface area contributed by atoms with Gasteiger partial charge in [0.15, 0.2) is 0 Å². The Balaban J connectivity index is 2.52. The highest BCUT2D eigenvalue weighted by atomic mass is 32.3. The molecular formula is C13H13FO3S. The first-order valence-electron chi connectivity index (χ1n) is 5.43. The Morgan fingerprint density at radius 2 is 1.72 bits per heavy atom. The van der Waals surface area contributed by atoms with Gasteiger partial charge in [-0.3, -0.25) is 0 Å². The molecule has 0 bridgehead atoms. The first-order chi connectivity index (χ1) is 8.41. The maximum Gasteiger partial charge on any atom is 0.309 e. The van der Waals surface area contributed by atoms with Crippen LogP contribution in [0, 0.1) is 0 Å². The molecule has 0 saturated carbocycles. The topological polar surface area (TPSA) is 43.4 Å². The summed E-state index contributed by atoms with van der Waals surface area (Å²) in [7, 11) is -2.99. The molecule has 0 amide bonds. The summed E-state index contributed by atoms with van der Waals surface area (Å²) in [6, 6.07) is 10.5. The molecule has 0 N–H and O–H groups in total. The predicted molar refractivity (Wildman–Crippen MR) is 68.9 cm³/mol. The standard InChI is InChI=1S/C13H13FO3S/c1-9(18(14,15)16)10-3-4-12-8-13(17-2)6-5-11(12)7-10/h3-9H,1-2H3. The summed E-state index contributed by atoms with van der Waals surface area (Å²) < 4.78 is 39.8. The highest BCUT2D eigenvalue weighted by Gasteiger charge is 2.21. The van der Waals surface area contributed by atoms with Gasteiger partial charge in [-0.25, -0.2) is 0 Å². The van der Waals surface area contributed by atoms with E-state index in [4.69, 9.17) is 4.74 Å². The number of halogens is 1. The molecule has 18 heavy (non-hydrogen) atoms. The second-order valence-corrected chi connectivity index (χ2v) is 5.75. The minimum Gasteiger partial charge on any atom is -0.497 e. The number of hydrogen-bond donors (Lipinski definition) is 0. The molecule has 0 aliphatic heterocycles. The molecule has 5 heteroatoms. The van der Waals surface area contributed by atoms with Crippen molar-refractivity contribution in [1.82, 2.24) is 0 Å². The summed E-state index contributed by atoms with van der Waals surface area (Å²) in [6.45, 7) is 1.33. The lowest BCUT2D eigenvalue weighted by Crippen LogP contribution is -2.03. The molecule has 0 aliphatic rings. The molecular weight excluding hydrogens is 255 g/mol. The second-order valence-electron chi connectivity index (χ2n) is 4.09. The molecule has 0 aliphatic carbocycles. The molecule has 1 atom stereocenters. The monoisotopic (exact) mass is 268 g/mol. The smallest absolute Gasteiger partial charge is 0.309 e. The average molecular weight is 268 g/mol. The van der Waals surface area contributed by atoms with Crippen LogP contribution in [-0.4, -0.2) is 15.5 Å². The van der Waals surface area contributed by atoms with Crippen LogP contribution in [0.25, 0.3) is 10.8 Å². The van der Waals surface area contributed by atoms with Crippen molar-refractivity contribution >= 4 is 21.0 Å². The van der Waals surface area contributed by atoms with Crippen molar-refractivity contribution in [1.29, 1.82) is 0 Å². The summed E-state index contributed by atoms with van der Waals surface area (Å²) in [5.41, 5.74) is 0.440. The Morgan fingerprint density at radius 3 is 2.33 bits per heavy atom. The van der Waals surface area contributed by atoms with E-state index in [0.29, 0.717) is 5.56 Å². The van der Waals surface area contributed by atoms with E-state index in [1.165, 1.54) is 6.92 Å². The lowest BCUT2D eigenvalue weighted by Gasteiger charge is -2.09. The fourth-order valence-corrected chi connectivity index (χ4v) is 2.26. The summed E-state index contributed by atoms with van der Waals surface area (Å²) in [5.74, 6) is 0.724. The van der Waals surface area contributed by atoms with Gasteiger partial charge in [-0.1, -0.05) is 18.2 Å². The number of methoxy groups -OCH3 is 1. The summed E-state index contributed by atoms with van der Waals surface area (Å²) in [6.07, 6.45) is 0. The molecule has 96 valence electrons. The zero-order valence-corrected chi connectivity index (χ0v) is 10.9. The number of hydrogen-bond acceptors (Lipinski definition) is 3. The fraction of sp³-hybridized carbons (Fsp3) is 0.231. The first kappa shape index (κ1) is 12.8. The molecule has 2 aromatic rings. The van der Waals surface area contributed by atoms with Crippen LogP contribution in [0.1, 0.15) is 17.7 Å². The van der Waals surface area contributed by atoms with Crippen molar-refractivity contribution in [2.45, 2.75) is 12.2 Å². The first-order valence-corrected chi connectivity index (χ1v) is 6.87. The third-order valence-electron chi connectivity index (χ3n) is 2.96. The minimum atomic E-state index is -4.56. The Labute approximate surface area is 105 Å². The van der Waals surface area contributed by atoms with Crippen molar-refractivity contribution < 1.29 is 17.0 Å². The highest BCUT2D eigenvalue weighted by molar-refractivity contribution is 7.86. The molecule has 0 spiro atoms. The minimum absolute atomic E-state index is 0.440. The van der Waals surface area contributed by atoms with Gasteiger partial charge in [-0.2, -0.15) is 8.42 Å². The average Bonchev–Trinajstić information content (AvgIpc) is 2.35. The SMILES string of the molecule is COc1ccc2cc(C(C)S(=O)(=O)F)ccc2c1. The van der Waals surface area contributed by atoms with Gasteiger partial charge >= 0.3 is 10.2 Å². The van der Waals surface area contributed by atoms with Crippen LogP contribution < -0.4 is 4.74 Å². The van der Waals surface area contributed by atoms with Crippen LogP contribution in [0.15, 0.2) is 36.4 Å². The zero-order chi connectivity index (χ0) is 13.3. The summed E-state index contributed by atoms with van der Waals surface area (Å²) in [5, 5.41) is 0.620. The number of ether oxygens (including phenoxy) is 1. The van der Waals surface area contributed by atoms with Crippen LogP contribution in [0.2, 0.25) is 0 Å². The van der Waals surface area contributed by atoms with Crippen LogP contribution in [0.3, 0.4) is 0 Å². The van der Waals surface area contributed by atoms with Gasteiger partial charge in [0.25, 0.3) is 0 Å². The van der Waals surface area contributed by atoms with Crippen molar-refractivity contribution in [2.24, 2.45) is 0 Å². The van der Waals surface area contributed by atoms with E-state index >= 15 is 0 Å². The third kappa shape index (κ3) is 2.46. The van der Waals surface area contributed by atoms with E-state index in [9.17, 15) is 12.3 Å². The molecule has 0 aromatic heterocycles. The molecule has 1 unspecified atom stereocenters. The normalized spacial score (nSPS) is 13.5. The van der Waals surface area contributed by atoms with Gasteiger partial charge in [0.2, 0.25) is 0 Å². The zero-order valence-electron chi connectivity index (χ0n) is 10.1. The lowest BCUT2D eigenvalue weighted by molar-refractivity contribution is 0.415.